The van der Waals surface area contributed by atoms with E-state index in [-0.39, 0.29) is 42.5 Å². The molecule has 2 heterocycles. The number of rotatable bonds is 11. The number of aryl methyl sites for hydroxylation is 1. The number of carbonyl (C=O) groups excluding carboxylic acids is 1. The number of ether oxygens (including phenoxy) is 5. The number of hydrogen-bond donors (Lipinski definition) is 1. The molecule has 1 fully saturated rings. The Balaban J connectivity index is 0.00000400. The first-order valence-electron chi connectivity index (χ1n) is 14.8. The zero-order valence-electron chi connectivity index (χ0n) is 24.8. The van der Waals surface area contributed by atoms with Gasteiger partial charge in [-0.25, -0.2) is 0 Å². The van der Waals surface area contributed by atoms with Gasteiger partial charge in [0, 0.05) is 12.5 Å². The number of fused-ring (bicyclic) bond motifs is 3. The number of carbonyl (C=O) groups is 1. The molecule has 45 heavy (non-hydrogen) atoms. The Morgan fingerprint density at radius 3 is 2.29 bits per heavy atom. The average Bonchev–Trinajstić information content (AvgIpc) is 3.41. The fraction of sp³-hybridized carbons (Fsp3) is 0.289. The summed E-state index contributed by atoms with van der Waals surface area (Å²) in [5.41, 5.74) is 4.77. The maximum Gasteiger partial charge on any atom is 0.193 e. The summed E-state index contributed by atoms with van der Waals surface area (Å²) in [5.74, 6) is 0.0372. The third-order valence-corrected chi connectivity index (χ3v) is 7.98. The molecule has 0 aromatic heterocycles. The predicted molar refractivity (Wildman–Crippen MR) is 174 cm³/mol. The SMILES string of the molecule is C.COc1c(C(=O)/C=C/c2ccc(C)cc2)c(O)cc2c1C1O[C@H](COCc3ccccc3)C[C@H](OCc3ccccc3)[C@@H]1O2. The van der Waals surface area contributed by atoms with Gasteiger partial charge in [0.05, 0.1) is 38.6 Å². The van der Waals surface area contributed by atoms with Crippen LogP contribution in [0.5, 0.6) is 17.2 Å². The summed E-state index contributed by atoms with van der Waals surface area (Å²) < 4.78 is 31.3. The fourth-order valence-electron chi connectivity index (χ4n) is 5.76. The Hall–Kier alpha value is -4.43. The van der Waals surface area contributed by atoms with Crippen molar-refractivity contribution in [3.05, 3.63) is 130 Å². The van der Waals surface area contributed by atoms with Crippen LogP contribution >= 0.6 is 0 Å². The zero-order chi connectivity index (χ0) is 30.5. The van der Waals surface area contributed by atoms with E-state index < -0.39 is 12.2 Å². The van der Waals surface area contributed by atoms with Crippen molar-refractivity contribution < 1.29 is 33.6 Å². The second-order valence-corrected chi connectivity index (χ2v) is 11.2. The van der Waals surface area contributed by atoms with Crippen LogP contribution in [0.4, 0.5) is 0 Å². The van der Waals surface area contributed by atoms with Crippen molar-refractivity contribution in [3.8, 4) is 17.2 Å². The molecule has 4 aromatic rings. The lowest BCUT2D eigenvalue weighted by Gasteiger charge is -2.37. The van der Waals surface area contributed by atoms with Crippen LogP contribution in [0.2, 0.25) is 0 Å². The Kier molecular flexibility index (Phi) is 10.4. The highest BCUT2D eigenvalue weighted by Gasteiger charge is 2.49. The van der Waals surface area contributed by atoms with Gasteiger partial charge >= 0.3 is 0 Å². The second kappa shape index (κ2) is 14.6. The molecule has 0 bridgehead atoms. The van der Waals surface area contributed by atoms with E-state index in [4.69, 9.17) is 23.7 Å². The standard InChI is InChI=1S/C37H36O7.CH4/c1-24-13-15-25(16-14-24)17-18-29(38)33-30(39)20-31-34(36(33)40-2)37-35(44-31)32(42-22-27-11-7-4-8-12-27)19-28(43-37)23-41-21-26-9-5-3-6-10-26;/h3-18,20,28,32,35,37,39H,19,21-23H2,1-2H3;1H4/b18-17+;/t28-,32-,35-,37?;/m0./s1. The first-order valence-corrected chi connectivity index (χ1v) is 14.8. The van der Waals surface area contributed by atoms with Gasteiger partial charge in [-0.05, 0) is 29.7 Å². The van der Waals surface area contributed by atoms with Crippen molar-refractivity contribution in [2.24, 2.45) is 0 Å². The molecule has 0 saturated carbocycles. The largest absolute Gasteiger partial charge is 0.507 e. The van der Waals surface area contributed by atoms with E-state index >= 15 is 0 Å². The summed E-state index contributed by atoms with van der Waals surface area (Å²) in [4.78, 5) is 13.5. The molecule has 4 atom stereocenters. The lowest BCUT2D eigenvalue weighted by Crippen LogP contribution is -2.46. The number of benzene rings is 4. The van der Waals surface area contributed by atoms with E-state index in [1.54, 1.807) is 6.08 Å². The van der Waals surface area contributed by atoms with Crippen molar-refractivity contribution >= 4 is 11.9 Å². The van der Waals surface area contributed by atoms with Gasteiger partial charge < -0.3 is 28.8 Å². The van der Waals surface area contributed by atoms with Gasteiger partial charge in [0.1, 0.15) is 35.0 Å². The lowest BCUT2D eigenvalue weighted by atomic mass is 9.92. The van der Waals surface area contributed by atoms with Gasteiger partial charge in [-0.15, -0.1) is 0 Å². The molecule has 0 spiro atoms. The van der Waals surface area contributed by atoms with E-state index in [0.717, 1.165) is 22.3 Å². The predicted octanol–water partition coefficient (Wildman–Crippen LogP) is 7.63. The van der Waals surface area contributed by atoms with E-state index in [1.807, 2.05) is 91.9 Å². The first-order chi connectivity index (χ1) is 21.5. The van der Waals surface area contributed by atoms with E-state index in [1.165, 1.54) is 19.3 Å². The summed E-state index contributed by atoms with van der Waals surface area (Å²) in [7, 11) is 1.48. The Morgan fingerprint density at radius 1 is 0.956 bits per heavy atom. The average molecular weight is 609 g/mol. The first kappa shape index (κ1) is 32.0. The van der Waals surface area contributed by atoms with Crippen LogP contribution in [-0.4, -0.2) is 42.9 Å². The maximum atomic E-state index is 13.5. The van der Waals surface area contributed by atoms with Crippen molar-refractivity contribution in [2.75, 3.05) is 13.7 Å². The third-order valence-electron chi connectivity index (χ3n) is 7.98. The van der Waals surface area contributed by atoms with E-state index in [9.17, 15) is 9.90 Å². The number of aromatic hydroxyl groups is 1. The van der Waals surface area contributed by atoms with Crippen molar-refractivity contribution in [3.63, 3.8) is 0 Å². The summed E-state index contributed by atoms with van der Waals surface area (Å²) in [6, 6.07) is 29.2. The molecule has 7 heteroatoms. The highest BCUT2D eigenvalue weighted by Crippen LogP contribution is 2.53. The van der Waals surface area contributed by atoms with Gasteiger partial charge in [-0.1, -0.05) is 104 Å². The zero-order valence-corrected chi connectivity index (χ0v) is 24.8. The molecule has 1 unspecified atom stereocenters. The molecular weight excluding hydrogens is 568 g/mol. The molecule has 234 valence electrons. The maximum absolute atomic E-state index is 13.5. The summed E-state index contributed by atoms with van der Waals surface area (Å²) >= 11 is 0. The molecule has 0 amide bonds. The Bertz CT molecular complexity index is 1600. The molecule has 0 radical (unpaired) electrons. The number of allylic oxidation sites excluding steroid dienone is 1. The number of phenols is 1. The number of hydrogen-bond acceptors (Lipinski definition) is 7. The van der Waals surface area contributed by atoms with Crippen LogP contribution in [0, 0.1) is 6.92 Å². The highest BCUT2D eigenvalue weighted by atomic mass is 16.6. The number of methoxy groups -OCH3 is 1. The van der Waals surface area contributed by atoms with E-state index in [2.05, 4.69) is 0 Å². The molecule has 2 aliphatic heterocycles. The van der Waals surface area contributed by atoms with Gasteiger partial charge in [0.15, 0.2) is 11.9 Å². The van der Waals surface area contributed by atoms with E-state index in [0.29, 0.717) is 37.6 Å². The lowest BCUT2D eigenvalue weighted by molar-refractivity contribution is -0.182. The highest BCUT2D eigenvalue weighted by molar-refractivity contribution is 6.11. The van der Waals surface area contributed by atoms with Crippen molar-refractivity contribution in [1.82, 2.24) is 0 Å². The number of ketones is 1. The molecule has 2 aliphatic rings. The number of phenolic OH excluding ortho intramolecular Hbond substituents is 1. The molecule has 4 aromatic carbocycles. The van der Waals surface area contributed by atoms with Crippen LogP contribution in [0.15, 0.2) is 97.1 Å². The normalized spacial score (nSPS) is 20.1. The minimum atomic E-state index is -0.590. The summed E-state index contributed by atoms with van der Waals surface area (Å²) in [6.07, 6.45) is 1.99. The molecule has 0 aliphatic carbocycles. The third kappa shape index (κ3) is 7.28. The minimum absolute atomic E-state index is 0. The van der Waals surface area contributed by atoms with Crippen LogP contribution in [0.25, 0.3) is 6.08 Å². The Labute approximate surface area is 265 Å². The summed E-state index contributed by atoms with van der Waals surface area (Å²) in [5, 5.41) is 11.0. The molecule has 7 nitrogen and oxygen atoms in total. The van der Waals surface area contributed by atoms with Crippen molar-refractivity contribution in [1.29, 1.82) is 0 Å². The van der Waals surface area contributed by atoms with Gasteiger partial charge in [0.25, 0.3) is 0 Å². The quantitative estimate of drug-likeness (QED) is 0.138. The van der Waals surface area contributed by atoms with Gasteiger partial charge in [-0.2, -0.15) is 0 Å². The van der Waals surface area contributed by atoms with Crippen molar-refractivity contribution in [2.45, 2.75) is 58.4 Å². The Morgan fingerprint density at radius 2 is 1.62 bits per heavy atom. The smallest absolute Gasteiger partial charge is 0.193 e. The second-order valence-electron chi connectivity index (χ2n) is 11.2. The van der Waals surface area contributed by atoms with Gasteiger partial charge in [0.2, 0.25) is 0 Å². The molecule has 1 saturated heterocycles. The molecular formula is C38H40O7. The van der Waals surface area contributed by atoms with Gasteiger partial charge in [-0.3, -0.25) is 4.79 Å². The summed E-state index contributed by atoms with van der Waals surface area (Å²) in [6.45, 7) is 3.22. The topological polar surface area (TPSA) is 83.5 Å². The minimum Gasteiger partial charge on any atom is -0.507 e. The van der Waals surface area contributed by atoms with Crippen LogP contribution < -0.4 is 9.47 Å². The van der Waals surface area contributed by atoms with Crippen LogP contribution in [0.1, 0.15) is 58.1 Å². The fourth-order valence-corrected chi connectivity index (χ4v) is 5.76. The monoisotopic (exact) mass is 608 g/mol. The van der Waals surface area contributed by atoms with Crippen LogP contribution in [0.3, 0.4) is 0 Å². The van der Waals surface area contributed by atoms with Crippen LogP contribution in [-0.2, 0) is 27.4 Å². The molecule has 6 rings (SSSR count). The molecule has 1 N–H and O–H groups in total.